The van der Waals surface area contributed by atoms with E-state index in [-0.39, 0.29) is 12.3 Å². The quantitative estimate of drug-likeness (QED) is 0.817. The molecule has 2 aromatic carbocycles. The van der Waals surface area contributed by atoms with E-state index in [1.807, 2.05) is 30.3 Å². The van der Waals surface area contributed by atoms with Gasteiger partial charge in [0.05, 0.1) is 11.9 Å². The molecule has 0 saturated heterocycles. The van der Waals surface area contributed by atoms with Crippen molar-refractivity contribution in [1.29, 1.82) is 0 Å². The largest absolute Gasteiger partial charge is 0.391 e. The van der Waals surface area contributed by atoms with Gasteiger partial charge in [-0.25, -0.2) is 17.5 Å². The highest BCUT2D eigenvalue weighted by Gasteiger charge is 2.14. The maximum Gasteiger partial charge on any atom is 0.215 e. The molecule has 0 radical (unpaired) electrons. The summed E-state index contributed by atoms with van der Waals surface area (Å²) in [7, 11) is -3.57. The van der Waals surface area contributed by atoms with Gasteiger partial charge in [-0.05, 0) is 29.7 Å². The van der Waals surface area contributed by atoms with Crippen molar-refractivity contribution in [2.45, 2.75) is 18.3 Å². The number of hydrogen-bond acceptors (Lipinski definition) is 3. The Labute approximate surface area is 129 Å². The molecular formula is C16H18FNO3S. The van der Waals surface area contributed by atoms with Crippen LogP contribution in [0.15, 0.2) is 54.6 Å². The highest BCUT2D eigenvalue weighted by Crippen LogP contribution is 2.07. The number of sulfonamides is 1. The van der Waals surface area contributed by atoms with Crippen molar-refractivity contribution >= 4 is 10.0 Å². The Morgan fingerprint density at radius 3 is 2.27 bits per heavy atom. The van der Waals surface area contributed by atoms with Crippen LogP contribution in [-0.2, 0) is 22.2 Å². The molecule has 0 aliphatic carbocycles. The number of rotatable bonds is 7. The van der Waals surface area contributed by atoms with Gasteiger partial charge in [0, 0.05) is 6.54 Å². The van der Waals surface area contributed by atoms with Crippen LogP contribution in [0.5, 0.6) is 0 Å². The minimum atomic E-state index is -3.57. The van der Waals surface area contributed by atoms with Crippen molar-refractivity contribution in [3.05, 3.63) is 71.5 Å². The Morgan fingerprint density at radius 1 is 1.00 bits per heavy atom. The molecule has 0 aromatic heterocycles. The lowest BCUT2D eigenvalue weighted by Gasteiger charge is -2.12. The number of aliphatic hydroxyl groups is 1. The van der Waals surface area contributed by atoms with Gasteiger partial charge in [-0.3, -0.25) is 0 Å². The molecule has 1 atom stereocenters. The lowest BCUT2D eigenvalue weighted by Crippen LogP contribution is -2.34. The maximum absolute atomic E-state index is 12.8. The number of nitrogens with one attached hydrogen (secondary N) is 1. The van der Waals surface area contributed by atoms with Gasteiger partial charge in [-0.1, -0.05) is 42.5 Å². The Morgan fingerprint density at radius 2 is 1.64 bits per heavy atom. The minimum absolute atomic E-state index is 0.0571. The lowest BCUT2D eigenvalue weighted by atomic mass is 10.1. The van der Waals surface area contributed by atoms with Gasteiger partial charge < -0.3 is 5.11 Å². The molecule has 1 unspecified atom stereocenters. The van der Waals surface area contributed by atoms with Crippen LogP contribution in [-0.4, -0.2) is 26.2 Å². The highest BCUT2D eigenvalue weighted by molar-refractivity contribution is 7.88. The van der Waals surface area contributed by atoms with Crippen LogP contribution in [0.25, 0.3) is 0 Å². The first kappa shape index (κ1) is 16.6. The van der Waals surface area contributed by atoms with Gasteiger partial charge in [0.15, 0.2) is 0 Å². The smallest absolute Gasteiger partial charge is 0.215 e. The molecule has 0 aliphatic heterocycles. The fourth-order valence-corrected chi connectivity index (χ4v) is 3.21. The molecule has 0 spiro atoms. The molecule has 0 amide bonds. The molecule has 6 heteroatoms. The molecule has 0 fully saturated rings. The summed E-state index contributed by atoms with van der Waals surface area (Å²) in [5, 5.41) is 9.89. The molecule has 2 aromatic rings. The molecule has 22 heavy (non-hydrogen) atoms. The predicted molar refractivity (Wildman–Crippen MR) is 83.2 cm³/mol. The molecular weight excluding hydrogens is 305 g/mol. The fraction of sp³-hybridized carbons (Fsp3) is 0.250. The maximum atomic E-state index is 12.8. The normalized spacial score (nSPS) is 13.0. The standard InChI is InChI=1S/C16H18FNO3S/c17-15-8-6-14(7-9-15)12-22(20,21)18-11-16(19)10-13-4-2-1-3-5-13/h1-9,16,18-19H,10-12H2. The fourth-order valence-electron chi connectivity index (χ4n) is 2.03. The van der Waals surface area contributed by atoms with E-state index in [4.69, 9.17) is 0 Å². The Kier molecular flexibility index (Phi) is 5.65. The van der Waals surface area contributed by atoms with Crippen LogP contribution in [0.4, 0.5) is 4.39 Å². The summed E-state index contributed by atoms with van der Waals surface area (Å²) in [4.78, 5) is 0. The van der Waals surface area contributed by atoms with E-state index >= 15 is 0 Å². The summed E-state index contributed by atoms with van der Waals surface area (Å²) in [6.45, 7) is -0.0571. The van der Waals surface area contributed by atoms with Crippen LogP contribution >= 0.6 is 0 Å². The van der Waals surface area contributed by atoms with Crippen molar-refractivity contribution in [3.63, 3.8) is 0 Å². The molecule has 2 rings (SSSR count). The zero-order chi connectivity index (χ0) is 16.0. The molecule has 0 saturated carbocycles. The molecule has 2 N–H and O–H groups in total. The molecule has 4 nitrogen and oxygen atoms in total. The van der Waals surface area contributed by atoms with Gasteiger partial charge in [0.1, 0.15) is 5.82 Å². The van der Waals surface area contributed by atoms with E-state index in [0.29, 0.717) is 12.0 Å². The summed E-state index contributed by atoms with van der Waals surface area (Å²) in [5.41, 5.74) is 1.43. The van der Waals surface area contributed by atoms with Gasteiger partial charge in [-0.15, -0.1) is 0 Å². The van der Waals surface area contributed by atoms with Crippen LogP contribution < -0.4 is 4.72 Å². The van der Waals surface area contributed by atoms with Crippen LogP contribution in [0.2, 0.25) is 0 Å². The Bertz CT molecular complexity index is 687. The van der Waals surface area contributed by atoms with Gasteiger partial charge >= 0.3 is 0 Å². The first-order valence-electron chi connectivity index (χ1n) is 6.88. The van der Waals surface area contributed by atoms with Crippen molar-refractivity contribution in [2.24, 2.45) is 0 Å². The second kappa shape index (κ2) is 7.49. The molecule has 0 heterocycles. The SMILES string of the molecule is O=S(=O)(Cc1ccc(F)cc1)NCC(O)Cc1ccccc1. The van der Waals surface area contributed by atoms with Crippen molar-refractivity contribution < 1.29 is 17.9 Å². The molecule has 0 bridgehead atoms. The highest BCUT2D eigenvalue weighted by atomic mass is 32.2. The first-order chi connectivity index (χ1) is 10.4. The first-order valence-corrected chi connectivity index (χ1v) is 8.53. The Hall–Kier alpha value is -1.76. The minimum Gasteiger partial charge on any atom is -0.391 e. The number of halogens is 1. The molecule has 118 valence electrons. The van der Waals surface area contributed by atoms with Crippen molar-refractivity contribution in [3.8, 4) is 0 Å². The van der Waals surface area contributed by atoms with Gasteiger partial charge in [-0.2, -0.15) is 0 Å². The van der Waals surface area contributed by atoms with Gasteiger partial charge in [0.2, 0.25) is 10.0 Å². The number of aliphatic hydroxyl groups excluding tert-OH is 1. The zero-order valence-corrected chi connectivity index (χ0v) is 12.8. The lowest BCUT2D eigenvalue weighted by molar-refractivity contribution is 0.179. The van der Waals surface area contributed by atoms with Crippen LogP contribution in [0.1, 0.15) is 11.1 Å². The van der Waals surface area contributed by atoms with E-state index in [1.54, 1.807) is 0 Å². The van der Waals surface area contributed by atoms with E-state index < -0.39 is 21.9 Å². The third kappa shape index (κ3) is 5.55. The van der Waals surface area contributed by atoms with E-state index in [2.05, 4.69) is 4.72 Å². The van der Waals surface area contributed by atoms with E-state index in [9.17, 15) is 17.9 Å². The summed E-state index contributed by atoms with van der Waals surface area (Å²) in [6, 6.07) is 14.6. The zero-order valence-electron chi connectivity index (χ0n) is 11.9. The van der Waals surface area contributed by atoms with Crippen LogP contribution in [0, 0.1) is 5.82 Å². The van der Waals surface area contributed by atoms with E-state index in [1.165, 1.54) is 24.3 Å². The third-order valence-corrected chi connectivity index (χ3v) is 4.44. The second-order valence-corrected chi connectivity index (χ2v) is 6.88. The van der Waals surface area contributed by atoms with Gasteiger partial charge in [0.25, 0.3) is 0 Å². The predicted octanol–water partition coefficient (Wildman–Crippen LogP) is 1.85. The average Bonchev–Trinajstić information content (AvgIpc) is 2.49. The number of hydrogen-bond donors (Lipinski definition) is 2. The molecule has 0 aliphatic rings. The third-order valence-electron chi connectivity index (χ3n) is 3.12. The monoisotopic (exact) mass is 323 g/mol. The second-order valence-electron chi connectivity index (χ2n) is 5.08. The summed E-state index contributed by atoms with van der Waals surface area (Å²) < 4.78 is 39.0. The summed E-state index contributed by atoms with van der Waals surface area (Å²) in [6.07, 6.45) is -0.426. The van der Waals surface area contributed by atoms with E-state index in [0.717, 1.165) is 5.56 Å². The summed E-state index contributed by atoms with van der Waals surface area (Å²) in [5.74, 6) is -0.655. The van der Waals surface area contributed by atoms with Crippen molar-refractivity contribution in [1.82, 2.24) is 4.72 Å². The number of benzene rings is 2. The summed E-state index contributed by atoms with van der Waals surface area (Å²) >= 11 is 0. The van der Waals surface area contributed by atoms with Crippen LogP contribution in [0.3, 0.4) is 0 Å². The van der Waals surface area contributed by atoms with Crippen molar-refractivity contribution in [2.75, 3.05) is 6.54 Å². The average molecular weight is 323 g/mol. The Balaban J connectivity index is 1.85. The topological polar surface area (TPSA) is 66.4 Å².